The second kappa shape index (κ2) is 9.34. The van der Waals surface area contributed by atoms with E-state index >= 15 is 0 Å². The first-order chi connectivity index (χ1) is 15.5. The summed E-state index contributed by atoms with van der Waals surface area (Å²) in [7, 11) is 0. The Bertz CT molecular complexity index is 1100. The van der Waals surface area contributed by atoms with Gasteiger partial charge in [-0.1, -0.05) is 30.3 Å². The van der Waals surface area contributed by atoms with Crippen LogP contribution in [0, 0.1) is 10.1 Å². The lowest BCUT2D eigenvalue weighted by atomic mass is 10.1. The van der Waals surface area contributed by atoms with Crippen molar-refractivity contribution in [2.45, 2.75) is 6.61 Å². The molecule has 0 spiro atoms. The summed E-state index contributed by atoms with van der Waals surface area (Å²) in [6, 6.07) is 18.6. The smallest absolute Gasteiger partial charge is 0.410 e. The molecule has 2 amide bonds. The average molecular weight is 435 g/mol. The van der Waals surface area contributed by atoms with Crippen molar-refractivity contribution >= 4 is 17.7 Å². The number of non-ortho nitro benzene ring substituents is 1. The van der Waals surface area contributed by atoms with Crippen molar-refractivity contribution < 1.29 is 23.7 Å². The summed E-state index contributed by atoms with van der Waals surface area (Å²) in [5, 5.41) is 10.8. The maximum atomic E-state index is 12.8. The second-order valence-electron chi connectivity index (χ2n) is 7.29. The zero-order chi connectivity index (χ0) is 22.5. The van der Waals surface area contributed by atoms with Crippen molar-refractivity contribution in [2.24, 2.45) is 0 Å². The van der Waals surface area contributed by atoms with E-state index in [0.29, 0.717) is 37.5 Å². The van der Waals surface area contributed by atoms with Crippen LogP contribution in [0.2, 0.25) is 0 Å². The predicted molar refractivity (Wildman–Crippen MR) is 115 cm³/mol. The summed E-state index contributed by atoms with van der Waals surface area (Å²) in [5.74, 6) is 0.361. The van der Waals surface area contributed by atoms with Crippen LogP contribution in [0.4, 0.5) is 10.5 Å². The lowest BCUT2D eigenvalue weighted by Crippen LogP contribution is -2.50. The molecule has 0 saturated carbocycles. The van der Waals surface area contributed by atoms with Gasteiger partial charge in [-0.05, 0) is 29.8 Å². The lowest BCUT2D eigenvalue weighted by Gasteiger charge is -2.33. The van der Waals surface area contributed by atoms with E-state index in [0.717, 1.165) is 5.56 Å². The number of carbonyl (C=O) groups is 2. The quantitative estimate of drug-likeness (QED) is 0.444. The number of hydrogen-bond donors (Lipinski definition) is 0. The number of rotatable bonds is 5. The SMILES string of the molecule is O=C(OCc1ccccc1)N1CCN(C(=O)c2ccc(-c3ccc([N+](=O)[O-])cc3)o2)CC1. The number of nitro benzene ring substituents is 1. The number of amides is 2. The summed E-state index contributed by atoms with van der Waals surface area (Å²) in [6.07, 6.45) is -0.403. The third-order valence-corrected chi connectivity index (χ3v) is 5.21. The molecule has 0 atom stereocenters. The number of benzene rings is 2. The maximum absolute atomic E-state index is 12.8. The third kappa shape index (κ3) is 4.77. The number of piperazine rings is 1. The highest BCUT2D eigenvalue weighted by Crippen LogP contribution is 2.25. The van der Waals surface area contributed by atoms with Gasteiger partial charge in [-0.15, -0.1) is 0 Å². The Morgan fingerprint density at radius 2 is 1.56 bits per heavy atom. The number of nitrogens with zero attached hydrogens (tertiary/aromatic N) is 3. The first-order valence-electron chi connectivity index (χ1n) is 10.1. The number of nitro groups is 1. The van der Waals surface area contributed by atoms with Crippen LogP contribution in [0.1, 0.15) is 16.1 Å². The van der Waals surface area contributed by atoms with E-state index < -0.39 is 11.0 Å². The minimum Gasteiger partial charge on any atom is -0.451 e. The molecule has 0 aliphatic carbocycles. The van der Waals surface area contributed by atoms with Crippen LogP contribution in [0.5, 0.6) is 0 Å². The molecule has 0 radical (unpaired) electrons. The minimum atomic E-state index is -0.474. The van der Waals surface area contributed by atoms with Gasteiger partial charge in [0, 0.05) is 43.9 Å². The van der Waals surface area contributed by atoms with Crippen molar-refractivity contribution in [3.8, 4) is 11.3 Å². The van der Waals surface area contributed by atoms with Crippen LogP contribution in [-0.4, -0.2) is 52.9 Å². The molecule has 164 valence electrons. The minimum absolute atomic E-state index is 0.0169. The fraction of sp³-hybridized carbons (Fsp3) is 0.217. The van der Waals surface area contributed by atoms with Gasteiger partial charge in [-0.25, -0.2) is 4.79 Å². The van der Waals surface area contributed by atoms with Gasteiger partial charge in [0.05, 0.1) is 4.92 Å². The summed E-state index contributed by atoms with van der Waals surface area (Å²) < 4.78 is 11.0. The Hall–Kier alpha value is -4.14. The summed E-state index contributed by atoms with van der Waals surface area (Å²) in [5.41, 5.74) is 1.54. The number of carbonyl (C=O) groups excluding carboxylic acids is 2. The lowest BCUT2D eigenvalue weighted by molar-refractivity contribution is -0.384. The second-order valence-corrected chi connectivity index (χ2v) is 7.29. The van der Waals surface area contributed by atoms with Gasteiger partial charge in [-0.3, -0.25) is 14.9 Å². The standard InChI is InChI=1S/C23H21N3O6/c27-22(21-11-10-20(32-21)18-6-8-19(9-7-18)26(29)30)24-12-14-25(15-13-24)23(28)31-16-17-4-2-1-3-5-17/h1-11H,12-16H2. The highest BCUT2D eigenvalue weighted by atomic mass is 16.6. The Kier molecular flexibility index (Phi) is 6.16. The van der Waals surface area contributed by atoms with Crippen molar-refractivity contribution in [3.63, 3.8) is 0 Å². The van der Waals surface area contributed by atoms with Crippen LogP contribution in [-0.2, 0) is 11.3 Å². The maximum Gasteiger partial charge on any atom is 0.410 e. The molecular weight excluding hydrogens is 414 g/mol. The molecule has 0 N–H and O–H groups in total. The molecule has 1 aromatic heterocycles. The van der Waals surface area contributed by atoms with Crippen molar-refractivity contribution in [1.82, 2.24) is 9.80 Å². The third-order valence-electron chi connectivity index (χ3n) is 5.21. The highest BCUT2D eigenvalue weighted by molar-refractivity contribution is 5.92. The first kappa shape index (κ1) is 21.1. The van der Waals surface area contributed by atoms with Crippen LogP contribution in [0.25, 0.3) is 11.3 Å². The molecule has 0 unspecified atom stereocenters. The summed E-state index contributed by atoms with van der Waals surface area (Å²) >= 11 is 0. The molecule has 2 heterocycles. The summed E-state index contributed by atoms with van der Waals surface area (Å²) in [6.45, 7) is 1.68. The van der Waals surface area contributed by atoms with Gasteiger partial charge in [0.2, 0.25) is 0 Å². The molecular formula is C23H21N3O6. The molecule has 9 heteroatoms. The van der Waals surface area contributed by atoms with E-state index in [1.54, 1.807) is 34.1 Å². The van der Waals surface area contributed by atoms with Crippen LogP contribution >= 0.6 is 0 Å². The molecule has 1 saturated heterocycles. The first-order valence-corrected chi connectivity index (χ1v) is 10.1. The highest BCUT2D eigenvalue weighted by Gasteiger charge is 2.27. The van der Waals surface area contributed by atoms with Crippen LogP contribution in [0.3, 0.4) is 0 Å². The molecule has 3 aromatic rings. The van der Waals surface area contributed by atoms with E-state index in [1.165, 1.54) is 12.1 Å². The fourth-order valence-electron chi connectivity index (χ4n) is 3.41. The molecule has 0 bridgehead atoms. The van der Waals surface area contributed by atoms with Gasteiger partial charge in [0.25, 0.3) is 11.6 Å². The Balaban J connectivity index is 1.30. The number of hydrogen-bond acceptors (Lipinski definition) is 6. The van der Waals surface area contributed by atoms with E-state index in [1.807, 2.05) is 30.3 Å². The Morgan fingerprint density at radius 1 is 0.906 bits per heavy atom. The van der Waals surface area contributed by atoms with E-state index in [4.69, 9.17) is 9.15 Å². The van der Waals surface area contributed by atoms with E-state index in [-0.39, 0.29) is 24.0 Å². The molecule has 9 nitrogen and oxygen atoms in total. The molecule has 2 aromatic carbocycles. The molecule has 4 rings (SSSR count). The van der Waals surface area contributed by atoms with Crippen molar-refractivity contribution in [2.75, 3.05) is 26.2 Å². The average Bonchev–Trinajstić information content (AvgIpc) is 3.33. The van der Waals surface area contributed by atoms with E-state index in [2.05, 4.69) is 0 Å². The molecule has 1 fully saturated rings. The molecule has 1 aliphatic rings. The van der Waals surface area contributed by atoms with Crippen molar-refractivity contribution in [1.29, 1.82) is 0 Å². The van der Waals surface area contributed by atoms with Gasteiger partial charge < -0.3 is 19.0 Å². The van der Waals surface area contributed by atoms with Gasteiger partial charge in [-0.2, -0.15) is 0 Å². The van der Waals surface area contributed by atoms with Gasteiger partial charge >= 0.3 is 6.09 Å². The Labute approximate surface area is 183 Å². The zero-order valence-corrected chi connectivity index (χ0v) is 17.2. The van der Waals surface area contributed by atoms with Crippen LogP contribution < -0.4 is 0 Å². The molecule has 1 aliphatic heterocycles. The monoisotopic (exact) mass is 435 g/mol. The fourth-order valence-corrected chi connectivity index (χ4v) is 3.41. The van der Waals surface area contributed by atoms with E-state index in [9.17, 15) is 19.7 Å². The van der Waals surface area contributed by atoms with Gasteiger partial charge in [0.15, 0.2) is 5.76 Å². The Morgan fingerprint density at radius 3 is 2.22 bits per heavy atom. The predicted octanol–water partition coefficient (Wildman–Crippen LogP) is 3.95. The van der Waals surface area contributed by atoms with Crippen LogP contribution in [0.15, 0.2) is 71.1 Å². The largest absolute Gasteiger partial charge is 0.451 e. The van der Waals surface area contributed by atoms with Crippen molar-refractivity contribution in [3.05, 3.63) is 88.2 Å². The normalized spacial score (nSPS) is 13.6. The summed E-state index contributed by atoms with van der Waals surface area (Å²) in [4.78, 5) is 38.6. The van der Waals surface area contributed by atoms with Gasteiger partial charge in [0.1, 0.15) is 12.4 Å². The number of ether oxygens (including phenoxy) is 1. The molecule has 32 heavy (non-hydrogen) atoms. The topological polar surface area (TPSA) is 106 Å². The zero-order valence-electron chi connectivity index (χ0n) is 17.2. The number of furan rings is 1.